The van der Waals surface area contributed by atoms with Crippen molar-refractivity contribution in [3.8, 4) is 0 Å². The van der Waals surface area contributed by atoms with Crippen LogP contribution in [0, 0.1) is 11.6 Å². The van der Waals surface area contributed by atoms with Crippen molar-refractivity contribution < 1.29 is 13.6 Å². The van der Waals surface area contributed by atoms with Crippen LogP contribution >= 0.6 is 15.9 Å². The molecule has 19 heavy (non-hydrogen) atoms. The lowest BCUT2D eigenvalue weighted by Gasteiger charge is -2.03. The van der Waals surface area contributed by atoms with Crippen LogP contribution < -0.4 is 0 Å². The van der Waals surface area contributed by atoms with Crippen LogP contribution in [0.25, 0.3) is 0 Å². The standard InChI is InChI=1S/C15H11BrF2O/c16-12-3-1-2-10(4-12)7-15(19)8-11-5-13(17)9-14(18)6-11/h1-6,9H,7-8H2. The van der Waals surface area contributed by atoms with Crippen LogP contribution in [0.5, 0.6) is 0 Å². The van der Waals surface area contributed by atoms with Crippen molar-refractivity contribution in [2.45, 2.75) is 12.8 Å². The summed E-state index contributed by atoms with van der Waals surface area (Å²) in [4.78, 5) is 11.9. The topological polar surface area (TPSA) is 17.1 Å². The molecule has 4 heteroatoms. The van der Waals surface area contributed by atoms with Crippen LogP contribution in [0.4, 0.5) is 8.78 Å². The molecule has 0 fully saturated rings. The average Bonchev–Trinajstić information content (AvgIpc) is 2.26. The summed E-state index contributed by atoms with van der Waals surface area (Å²) in [5.74, 6) is -1.40. The molecule has 2 aromatic rings. The van der Waals surface area contributed by atoms with Crippen molar-refractivity contribution >= 4 is 21.7 Å². The highest BCUT2D eigenvalue weighted by atomic mass is 79.9. The molecule has 0 aliphatic rings. The third-order valence-electron chi connectivity index (χ3n) is 2.61. The largest absolute Gasteiger partial charge is 0.299 e. The lowest BCUT2D eigenvalue weighted by atomic mass is 10.0. The second kappa shape index (κ2) is 6.06. The number of halogens is 3. The van der Waals surface area contributed by atoms with Crippen LogP contribution in [0.3, 0.4) is 0 Å². The number of ketones is 1. The molecule has 0 unspecified atom stereocenters. The third-order valence-corrected chi connectivity index (χ3v) is 3.11. The van der Waals surface area contributed by atoms with Crippen molar-refractivity contribution in [3.63, 3.8) is 0 Å². The fourth-order valence-corrected chi connectivity index (χ4v) is 2.32. The molecule has 0 N–H and O–H groups in total. The monoisotopic (exact) mass is 324 g/mol. The maximum absolute atomic E-state index is 13.0. The summed E-state index contributed by atoms with van der Waals surface area (Å²) in [6.07, 6.45) is 0.277. The van der Waals surface area contributed by atoms with Crippen molar-refractivity contribution in [1.29, 1.82) is 0 Å². The fraction of sp³-hybridized carbons (Fsp3) is 0.133. The number of hydrogen-bond acceptors (Lipinski definition) is 1. The Bertz CT molecular complexity index is 591. The maximum Gasteiger partial charge on any atom is 0.141 e. The smallest absolute Gasteiger partial charge is 0.141 e. The Labute approximate surface area is 118 Å². The van der Waals surface area contributed by atoms with E-state index >= 15 is 0 Å². The molecule has 0 heterocycles. The van der Waals surface area contributed by atoms with E-state index in [9.17, 15) is 13.6 Å². The molecule has 98 valence electrons. The molecule has 0 aliphatic carbocycles. The molecule has 2 aromatic carbocycles. The average molecular weight is 325 g/mol. The van der Waals surface area contributed by atoms with Gasteiger partial charge in [0.1, 0.15) is 17.4 Å². The van der Waals surface area contributed by atoms with Gasteiger partial charge in [-0.2, -0.15) is 0 Å². The van der Waals surface area contributed by atoms with Gasteiger partial charge in [-0.1, -0.05) is 28.1 Å². The highest BCUT2D eigenvalue weighted by molar-refractivity contribution is 9.10. The summed E-state index contributed by atoms with van der Waals surface area (Å²) in [5, 5.41) is 0. The number of carbonyl (C=O) groups is 1. The SMILES string of the molecule is O=C(Cc1cc(F)cc(F)c1)Cc1cccc(Br)c1. The minimum Gasteiger partial charge on any atom is -0.299 e. The summed E-state index contributed by atoms with van der Waals surface area (Å²) in [5.41, 5.74) is 1.23. The van der Waals surface area contributed by atoms with E-state index in [0.29, 0.717) is 5.56 Å². The zero-order valence-electron chi connectivity index (χ0n) is 10.00. The van der Waals surface area contributed by atoms with E-state index in [0.717, 1.165) is 16.1 Å². The number of hydrogen-bond donors (Lipinski definition) is 0. The first kappa shape index (κ1) is 13.9. The molecule has 0 saturated carbocycles. The van der Waals surface area contributed by atoms with E-state index in [1.54, 1.807) is 0 Å². The molecular weight excluding hydrogens is 314 g/mol. The molecule has 0 aliphatic heterocycles. The Balaban J connectivity index is 2.05. The van der Waals surface area contributed by atoms with Crippen molar-refractivity contribution in [3.05, 3.63) is 69.7 Å². The van der Waals surface area contributed by atoms with E-state index in [1.165, 1.54) is 12.1 Å². The first-order chi connectivity index (χ1) is 9.02. The Hall–Kier alpha value is -1.55. The molecule has 0 saturated heterocycles. The normalized spacial score (nSPS) is 10.5. The second-order valence-electron chi connectivity index (χ2n) is 4.30. The Kier molecular flexibility index (Phi) is 4.43. The minimum atomic E-state index is -0.662. The zero-order chi connectivity index (χ0) is 13.8. The van der Waals surface area contributed by atoms with Gasteiger partial charge >= 0.3 is 0 Å². The maximum atomic E-state index is 13.0. The molecule has 0 atom stereocenters. The number of carbonyl (C=O) groups excluding carboxylic acids is 1. The molecule has 0 spiro atoms. The van der Waals surface area contributed by atoms with Gasteiger partial charge in [0.25, 0.3) is 0 Å². The Morgan fingerprint density at radius 3 is 2.21 bits per heavy atom. The van der Waals surface area contributed by atoms with E-state index in [4.69, 9.17) is 0 Å². The van der Waals surface area contributed by atoms with E-state index in [-0.39, 0.29) is 18.6 Å². The van der Waals surface area contributed by atoms with Gasteiger partial charge in [-0.25, -0.2) is 8.78 Å². The fourth-order valence-electron chi connectivity index (χ4n) is 1.88. The third kappa shape index (κ3) is 4.24. The first-order valence-corrected chi connectivity index (χ1v) is 6.53. The Morgan fingerprint density at radius 2 is 1.58 bits per heavy atom. The van der Waals surface area contributed by atoms with Gasteiger partial charge in [-0.15, -0.1) is 0 Å². The van der Waals surface area contributed by atoms with E-state index in [1.807, 2.05) is 24.3 Å². The molecule has 0 bridgehead atoms. The van der Waals surface area contributed by atoms with Crippen LogP contribution in [-0.4, -0.2) is 5.78 Å². The first-order valence-electron chi connectivity index (χ1n) is 5.74. The van der Waals surface area contributed by atoms with Crippen LogP contribution in [-0.2, 0) is 17.6 Å². The van der Waals surface area contributed by atoms with Crippen LogP contribution in [0.15, 0.2) is 46.9 Å². The predicted octanol–water partition coefficient (Wildman–Crippen LogP) is 4.08. The van der Waals surface area contributed by atoms with Gasteiger partial charge in [-0.3, -0.25) is 4.79 Å². The van der Waals surface area contributed by atoms with Gasteiger partial charge in [-0.05, 0) is 35.4 Å². The van der Waals surface area contributed by atoms with Crippen molar-refractivity contribution in [2.24, 2.45) is 0 Å². The van der Waals surface area contributed by atoms with Crippen LogP contribution in [0.2, 0.25) is 0 Å². The predicted molar refractivity (Wildman–Crippen MR) is 72.9 cm³/mol. The minimum absolute atomic E-state index is 0.0290. The summed E-state index contributed by atoms with van der Waals surface area (Å²) in [7, 11) is 0. The van der Waals surface area contributed by atoms with Gasteiger partial charge in [0.2, 0.25) is 0 Å². The number of rotatable bonds is 4. The van der Waals surface area contributed by atoms with Crippen molar-refractivity contribution in [1.82, 2.24) is 0 Å². The molecule has 2 rings (SSSR count). The van der Waals surface area contributed by atoms with Gasteiger partial charge in [0.15, 0.2) is 0 Å². The van der Waals surface area contributed by atoms with Crippen LogP contribution in [0.1, 0.15) is 11.1 Å². The van der Waals surface area contributed by atoms with E-state index in [2.05, 4.69) is 15.9 Å². The van der Waals surface area contributed by atoms with Gasteiger partial charge in [0, 0.05) is 23.4 Å². The van der Waals surface area contributed by atoms with Gasteiger partial charge < -0.3 is 0 Å². The molecule has 1 nitrogen and oxygen atoms in total. The molecular formula is C15H11BrF2O. The second-order valence-corrected chi connectivity index (χ2v) is 5.22. The highest BCUT2D eigenvalue weighted by Crippen LogP contribution is 2.14. The summed E-state index contributed by atoms with van der Waals surface area (Å²) >= 11 is 3.33. The highest BCUT2D eigenvalue weighted by Gasteiger charge is 2.08. The summed E-state index contributed by atoms with van der Waals surface area (Å²) in [6.45, 7) is 0. The zero-order valence-corrected chi connectivity index (χ0v) is 11.6. The lowest BCUT2D eigenvalue weighted by molar-refractivity contribution is -0.117. The van der Waals surface area contributed by atoms with E-state index < -0.39 is 11.6 Å². The van der Waals surface area contributed by atoms with Gasteiger partial charge in [0.05, 0.1) is 0 Å². The summed E-state index contributed by atoms with van der Waals surface area (Å²) in [6, 6.07) is 10.6. The lowest BCUT2D eigenvalue weighted by Crippen LogP contribution is -2.07. The quantitative estimate of drug-likeness (QED) is 0.828. The summed E-state index contributed by atoms with van der Waals surface area (Å²) < 4.78 is 26.9. The molecule has 0 aromatic heterocycles. The number of Topliss-reactive ketones (excluding diaryl/α,β-unsaturated/α-hetero) is 1. The number of benzene rings is 2. The van der Waals surface area contributed by atoms with Crippen molar-refractivity contribution in [2.75, 3.05) is 0 Å². The molecule has 0 radical (unpaired) electrons. The molecule has 0 amide bonds. The Morgan fingerprint density at radius 1 is 0.947 bits per heavy atom.